The standard InChI is InChI=1S/C20H21N3OS/c24-20(16-11-19(25-14-16)17-12-21-22-13-17)23-10-6-2-5-9-18(23)15-7-3-1-4-8-15/h1,3-4,7-8,11-14,18H,2,5-6,9-10H2,(H,21,22). The van der Waals surface area contributed by atoms with Crippen LogP contribution in [0.25, 0.3) is 10.4 Å². The molecule has 4 nitrogen and oxygen atoms in total. The zero-order valence-corrected chi connectivity index (χ0v) is 14.8. The number of aromatic amines is 1. The summed E-state index contributed by atoms with van der Waals surface area (Å²) in [4.78, 5) is 16.4. The molecule has 1 fully saturated rings. The molecule has 1 aromatic carbocycles. The van der Waals surface area contributed by atoms with E-state index in [9.17, 15) is 4.79 Å². The molecule has 25 heavy (non-hydrogen) atoms. The maximum absolute atomic E-state index is 13.2. The fraction of sp³-hybridized carbons (Fsp3) is 0.300. The van der Waals surface area contributed by atoms with E-state index < -0.39 is 0 Å². The van der Waals surface area contributed by atoms with Crippen molar-refractivity contribution >= 4 is 17.2 Å². The summed E-state index contributed by atoms with van der Waals surface area (Å²) in [5, 5.41) is 8.79. The SMILES string of the molecule is O=C(c1csc(-c2cn[nH]c2)c1)N1CCCCCC1c1ccccc1. The predicted molar refractivity (Wildman–Crippen MR) is 101 cm³/mol. The van der Waals surface area contributed by atoms with E-state index in [1.165, 1.54) is 18.4 Å². The van der Waals surface area contributed by atoms with E-state index in [0.29, 0.717) is 0 Å². The Bertz CT molecular complexity index is 826. The lowest BCUT2D eigenvalue weighted by Gasteiger charge is -2.30. The highest BCUT2D eigenvalue weighted by molar-refractivity contribution is 7.13. The molecule has 4 rings (SSSR count). The van der Waals surface area contributed by atoms with Gasteiger partial charge in [-0.3, -0.25) is 9.89 Å². The molecule has 1 saturated heterocycles. The van der Waals surface area contributed by atoms with Gasteiger partial charge in [-0.05, 0) is 24.5 Å². The van der Waals surface area contributed by atoms with E-state index in [1.807, 2.05) is 23.7 Å². The number of H-pyrrole nitrogens is 1. The van der Waals surface area contributed by atoms with Crippen LogP contribution in [0.15, 0.2) is 54.2 Å². The molecule has 1 amide bonds. The number of carbonyl (C=O) groups excluding carboxylic acids is 1. The highest BCUT2D eigenvalue weighted by Crippen LogP contribution is 2.33. The molecular formula is C20H21N3OS. The number of likely N-dealkylation sites (tertiary alicyclic amines) is 1. The van der Waals surface area contributed by atoms with Crippen LogP contribution < -0.4 is 0 Å². The number of hydrogen-bond donors (Lipinski definition) is 1. The lowest BCUT2D eigenvalue weighted by Crippen LogP contribution is -2.34. The van der Waals surface area contributed by atoms with Crippen LogP contribution >= 0.6 is 11.3 Å². The Morgan fingerprint density at radius 3 is 2.88 bits per heavy atom. The van der Waals surface area contributed by atoms with Crippen molar-refractivity contribution in [2.24, 2.45) is 0 Å². The highest BCUT2D eigenvalue weighted by atomic mass is 32.1. The van der Waals surface area contributed by atoms with Crippen molar-refractivity contribution in [1.29, 1.82) is 0 Å². The largest absolute Gasteiger partial charge is 0.332 e. The minimum Gasteiger partial charge on any atom is -0.332 e. The number of aromatic nitrogens is 2. The summed E-state index contributed by atoms with van der Waals surface area (Å²) in [7, 11) is 0. The monoisotopic (exact) mass is 351 g/mol. The molecule has 1 unspecified atom stereocenters. The Balaban J connectivity index is 1.62. The summed E-state index contributed by atoms with van der Waals surface area (Å²) in [6, 6.07) is 12.6. The maximum Gasteiger partial charge on any atom is 0.255 e. The third-order valence-corrected chi connectivity index (χ3v) is 5.81. The number of benzene rings is 1. The molecule has 0 radical (unpaired) electrons. The number of hydrogen-bond acceptors (Lipinski definition) is 3. The van der Waals surface area contributed by atoms with Crippen LogP contribution in [-0.2, 0) is 0 Å². The van der Waals surface area contributed by atoms with Crippen molar-refractivity contribution < 1.29 is 4.79 Å². The molecule has 0 spiro atoms. The van der Waals surface area contributed by atoms with Crippen LogP contribution in [0, 0.1) is 0 Å². The van der Waals surface area contributed by atoms with Gasteiger partial charge in [-0.15, -0.1) is 11.3 Å². The average Bonchev–Trinajstić information content (AvgIpc) is 3.29. The van der Waals surface area contributed by atoms with Crippen LogP contribution in [0.4, 0.5) is 0 Å². The summed E-state index contributed by atoms with van der Waals surface area (Å²) in [6.07, 6.45) is 8.13. The zero-order chi connectivity index (χ0) is 17.1. The van der Waals surface area contributed by atoms with Gasteiger partial charge in [0.1, 0.15) is 0 Å². The first-order valence-corrected chi connectivity index (χ1v) is 9.64. The first-order valence-electron chi connectivity index (χ1n) is 8.76. The summed E-state index contributed by atoms with van der Waals surface area (Å²) in [5.74, 6) is 0.141. The Morgan fingerprint density at radius 2 is 2.08 bits per heavy atom. The van der Waals surface area contributed by atoms with E-state index in [0.717, 1.165) is 35.4 Å². The summed E-state index contributed by atoms with van der Waals surface area (Å²) in [5.41, 5.74) is 3.05. The van der Waals surface area contributed by atoms with Gasteiger partial charge in [0.05, 0.1) is 17.8 Å². The van der Waals surface area contributed by atoms with Crippen LogP contribution in [0.5, 0.6) is 0 Å². The molecule has 128 valence electrons. The minimum absolute atomic E-state index is 0.141. The lowest BCUT2D eigenvalue weighted by molar-refractivity contribution is 0.0681. The molecular weight excluding hydrogens is 330 g/mol. The fourth-order valence-corrected chi connectivity index (χ4v) is 4.39. The smallest absolute Gasteiger partial charge is 0.255 e. The van der Waals surface area contributed by atoms with Gasteiger partial charge in [-0.1, -0.05) is 43.2 Å². The molecule has 2 aromatic heterocycles. The van der Waals surface area contributed by atoms with Gasteiger partial charge in [0.2, 0.25) is 0 Å². The molecule has 1 aliphatic rings. The maximum atomic E-state index is 13.2. The number of nitrogens with one attached hydrogen (secondary N) is 1. The van der Waals surface area contributed by atoms with E-state index in [-0.39, 0.29) is 11.9 Å². The summed E-state index contributed by atoms with van der Waals surface area (Å²) < 4.78 is 0. The van der Waals surface area contributed by atoms with Gasteiger partial charge in [0.25, 0.3) is 5.91 Å². The second-order valence-corrected chi connectivity index (χ2v) is 7.37. The van der Waals surface area contributed by atoms with Crippen molar-refractivity contribution in [2.75, 3.05) is 6.54 Å². The highest BCUT2D eigenvalue weighted by Gasteiger charge is 2.28. The minimum atomic E-state index is 0.141. The second kappa shape index (κ2) is 7.23. The quantitative estimate of drug-likeness (QED) is 0.730. The topological polar surface area (TPSA) is 49.0 Å². The first-order chi connectivity index (χ1) is 12.3. The molecule has 3 heterocycles. The summed E-state index contributed by atoms with van der Waals surface area (Å²) in [6.45, 7) is 0.829. The Labute approximate surface area is 151 Å². The van der Waals surface area contributed by atoms with Gasteiger partial charge in [-0.25, -0.2) is 0 Å². The predicted octanol–water partition coefficient (Wildman–Crippen LogP) is 4.90. The molecule has 0 saturated carbocycles. The third-order valence-electron chi connectivity index (χ3n) is 4.83. The van der Waals surface area contributed by atoms with Crippen molar-refractivity contribution in [1.82, 2.24) is 15.1 Å². The van der Waals surface area contributed by atoms with E-state index in [1.54, 1.807) is 17.5 Å². The van der Waals surface area contributed by atoms with Crippen LogP contribution in [0.2, 0.25) is 0 Å². The molecule has 1 N–H and O–H groups in total. The second-order valence-electron chi connectivity index (χ2n) is 6.46. The van der Waals surface area contributed by atoms with E-state index in [2.05, 4.69) is 39.4 Å². The van der Waals surface area contributed by atoms with E-state index in [4.69, 9.17) is 0 Å². The van der Waals surface area contributed by atoms with Gasteiger partial charge in [-0.2, -0.15) is 5.10 Å². The zero-order valence-electron chi connectivity index (χ0n) is 14.0. The van der Waals surface area contributed by atoms with Gasteiger partial charge >= 0.3 is 0 Å². The van der Waals surface area contributed by atoms with Crippen molar-refractivity contribution in [2.45, 2.75) is 31.7 Å². The van der Waals surface area contributed by atoms with Gasteiger partial charge < -0.3 is 4.90 Å². The number of nitrogens with zero attached hydrogens (tertiary/aromatic N) is 2. The van der Waals surface area contributed by atoms with Crippen LogP contribution in [0.1, 0.15) is 47.6 Å². The molecule has 5 heteroatoms. The number of rotatable bonds is 3. The molecule has 1 aliphatic heterocycles. The van der Waals surface area contributed by atoms with Gasteiger partial charge in [0, 0.05) is 28.6 Å². The molecule has 3 aromatic rings. The van der Waals surface area contributed by atoms with Crippen molar-refractivity contribution in [3.8, 4) is 10.4 Å². The molecule has 0 bridgehead atoms. The lowest BCUT2D eigenvalue weighted by atomic mass is 10.0. The van der Waals surface area contributed by atoms with Crippen molar-refractivity contribution in [3.63, 3.8) is 0 Å². The Morgan fingerprint density at radius 1 is 1.20 bits per heavy atom. The Hall–Kier alpha value is -2.40. The average molecular weight is 351 g/mol. The number of thiophene rings is 1. The molecule has 0 aliphatic carbocycles. The third kappa shape index (κ3) is 3.37. The van der Waals surface area contributed by atoms with Crippen LogP contribution in [-0.4, -0.2) is 27.5 Å². The number of carbonyl (C=O) groups is 1. The number of amides is 1. The normalized spacial score (nSPS) is 18.1. The van der Waals surface area contributed by atoms with Crippen LogP contribution in [0.3, 0.4) is 0 Å². The van der Waals surface area contributed by atoms with E-state index >= 15 is 0 Å². The fourth-order valence-electron chi connectivity index (χ4n) is 3.52. The van der Waals surface area contributed by atoms with Crippen molar-refractivity contribution in [3.05, 3.63) is 65.3 Å². The first kappa shape index (κ1) is 16.1. The van der Waals surface area contributed by atoms with Gasteiger partial charge in [0.15, 0.2) is 0 Å². The summed E-state index contributed by atoms with van der Waals surface area (Å²) >= 11 is 1.59. The molecule has 1 atom stereocenters. The Kier molecular flexibility index (Phi) is 4.65.